The van der Waals surface area contributed by atoms with Gasteiger partial charge in [0.15, 0.2) is 5.82 Å². The maximum Gasteiger partial charge on any atom is 0.257 e. The van der Waals surface area contributed by atoms with E-state index < -0.39 is 0 Å². The summed E-state index contributed by atoms with van der Waals surface area (Å²) in [7, 11) is 0. The zero-order valence-electron chi connectivity index (χ0n) is 16.8. The second-order valence-corrected chi connectivity index (χ2v) is 7.91. The highest BCUT2D eigenvalue weighted by atomic mass is 16.5. The highest BCUT2D eigenvalue weighted by molar-refractivity contribution is 5.96. The van der Waals surface area contributed by atoms with Gasteiger partial charge in [-0.2, -0.15) is 4.98 Å². The van der Waals surface area contributed by atoms with Crippen LogP contribution in [0.2, 0.25) is 0 Å². The van der Waals surface area contributed by atoms with Crippen LogP contribution < -0.4 is 4.90 Å². The van der Waals surface area contributed by atoms with Crippen molar-refractivity contribution in [3.63, 3.8) is 0 Å². The van der Waals surface area contributed by atoms with Gasteiger partial charge in [0.2, 0.25) is 5.91 Å². The smallest absolute Gasteiger partial charge is 0.257 e. The fourth-order valence-electron chi connectivity index (χ4n) is 3.56. The number of rotatable bonds is 4. The van der Waals surface area contributed by atoms with Gasteiger partial charge < -0.3 is 9.42 Å². The van der Waals surface area contributed by atoms with Gasteiger partial charge in [-0.15, -0.1) is 0 Å². The van der Waals surface area contributed by atoms with E-state index in [4.69, 9.17) is 4.52 Å². The Bertz CT molecular complexity index is 1000. The molecule has 4 rings (SSSR count). The summed E-state index contributed by atoms with van der Waals surface area (Å²) in [6.45, 7) is 9.04. The van der Waals surface area contributed by atoms with Gasteiger partial charge in [0.05, 0.1) is 0 Å². The predicted octanol–water partition coefficient (Wildman–Crippen LogP) is 5.00. The molecule has 1 unspecified atom stereocenters. The van der Waals surface area contributed by atoms with Crippen molar-refractivity contribution in [2.75, 3.05) is 11.4 Å². The van der Waals surface area contributed by atoms with Gasteiger partial charge in [0, 0.05) is 30.1 Å². The van der Waals surface area contributed by atoms with Crippen LogP contribution in [0.15, 0.2) is 47.0 Å². The Hall–Kier alpha value is -2.95. The molecule has 1 aliphatic heterocycles. The fraction of sp³-hybridized carbons (Fsp3) is 0.348. The molecule has 28 heavy (non-hydrogen) atoms. The molecule has 2 heterocycles. The zero-order chi connectivity index (χ0) is 19.8. The van der Waals surface area contributed by atoms with Crippen molar-refractivity contribution in [2.45, 2.75) is 46.0 Å². The minimum absolute atomic E-state index is 0.0543. The number of carbonyl (C=O) groups is 1. The molecule has 3 aromatic rings. The summed E-state index contributed by atoms with van der Waals surface area (Å²) in [6, 6.07) is 14.3. The van der Waals surface area contributed by atoms with E-state index in [2.05, 4.69) is 62.1 Å². The normalized spacial score (nSPS) is 17.0. The first-order valence-corrected chi connectivity index (χ1v) is 9.74. The van der Waals surface area contributed by atoms with E-state index in [1.54, 1.807) is 0 Å². The van der Waals surface area contributed by atoms with Gasteiger partial charge in [0.1, 0.15) is 0 Å². The zero-order valence-corrected chi connectivity index (χ0v) is 16.8. The molecule has 0 N–H and O–H groups in total. The van der Waals surface area contributed by atoms with Crippen molar-refractivity contribution in [3.05, 3.63) is 65.0 Å². The van der Waals surface area contributed by atoms with E-state index in [1.807, 2.05) is 23.1 Å². The lowest BCUT2D eigenvalue weighted by Crippen LogP contribution is -2.24. The van der Waals surface area contributed by atoms with Crippen LogP contribution in [-0.4, -0.2) is 22.6 Å². The van der Waals surface area contributed by atoms with E-state index in [0.717, 1.165) is 11.3 Å². The van der Waals surface area contributed by atoms with Crippen molar-refractivity contribution in [1.82, 2.24) is 10.1 Å². The molecule has 1 aromatic heterocycles. The molecular weight excluding hydrogens is 350 g/mol. The summed E-state index contributed by atoms with van der Waals surface area (Å²) >= 11 is 0. The molecule has 1 saturated heterocycles. The first-order chi connectivity index (χ1) is 13.4. The number of aryl methyl sites for hydroxylation is 2. The van der Waals surface area contributed by atoms with Gasteiger partial charge in [-0.3, -0.25) is 4.79 Å². The Balaban J connectivity index is 1.52. The molecule has 0 radical (unpaired) electrons. The molecule has 0 bridgehead atoms. The Morgan fingerprint density at radius 1 is 1.07 bits per heavy atom. The topological polar surface area (TPSA) is 59.2 Å². The third-order valence-electron chi connectivity index (χ3n) is 5.56. The molecule has 1 fully saturated rings. The second-order valence-electron chi connectivity index (χ2n) is 7.91. The lowest BCUT2D eigenvalue weighted by Gasteiger charge is -2.17. The van der Waals surface area contributed by atoms with Crippen LogP contribution in [0.4, 0.5) is 5.69 Å². The number of hydrogen-bond donors (Lipinski definition) is 0. The van der Waals surface area contributed by atoms with Gasteiger partial charge in [0.25, 0.3) is 5.89 Å². The average Bonchev–Trinajstić information content (AvgIpc) is 3.31. The first kappa shape index (κ1) is 18.4. The van der Waals surface area contributed by atoms with Gasteiger partial charge in [-0.1, -0.05) is 37.2 Å². The summed E-state index contributed by atoms with van der Waals surface area (Å²) in [5.74, 6) is 1.62. The highest BCUT2D eigenvalue weighted by Crippen LogP contribution is 2.32. The van der Waals surface area contributed by atoms with Crippen LogP contribution in [0, 0.1) is 13.8 Å². The molecule has 1 amide bonds. The van der Waals surface area contributed by atoms with Crippen molar-refractivity contribution < 1.29 is 9.32 Å². The predicted molar refractivity (Wildman–Crippen MR) is 109 cm³/mol. The van der Waals surface area contributed by atoms with E-state index in [1.165, 1.54) is 16.7 Å². The average molecular weight is 375 g/mol. The van der Waals surface area contributed by atoms with Gasteiger partial charge in [-0.25, -0.2) is 0 Å². The van der Waals surface area contributed by atoms with Gasteiger partial charge in [-0.05, 0) is 60.7 Å². The van der Waals surface area contributed by atoms with Crippen LogP contribution in [0.5, 0.6) is 0 Å². The number of anilines is 1. The molecule has 5 nitrogen and oxygen atoms in total. The third kappa shape index (κ3) is 3.44. The maximum absolute atomic E-state index is 12.6. The molecule has 0 spiro atoms. The van der Waals surface area contributed by atoms with Crippen molar-refractivity contribution in [2.24, 2.45) is 0 Å². The number of carbonyl (C=O) groups excluding carboxylic acids is 1. The van der Waals surface area contributed by atoms with Crippen molar-refractivity contribution in [3.8, 4) is 11.5 Å². The lowest BCUT2D eigenvalue weighted by molar-refractivity contribution is -0.117. The van der Waals surface area contributed by atoms with E-state index in [9.17, 15) is 4.79 Å². The molecule has 2 aromatic carbocycles. The van der Waals surface area contributed by atoms with E-state index in [-0.39, 0.29) is 11.8 Å². The van der Waals surface area contributed by atoms with E-state index in [0.29, 0.717) is 30.6 Å². The Kier molecular flexibility index (Phi) is 4.75. The molecular formula is C23H25N3O2. The minimum Gasteiger partial charge on any atom is -0.334 e. The SMILES string of the molecule is Cc1ccc(-c2nc(C3CC(=O)N(c4ccc(C(C)C)cc4)C3)no2)cc1C. The molecule has 0 aliphatic carbocycles. The number of amides is 1. The number of benzene rings is 2. The Labute approximate surface area is 165 Å². The largest absolute Gasteiger partial charge is 0.334 e. The molecule has 1 aliphatic rings. The fourth-order valence-corrected chi connectivity index (χ4v) is 3.56. The van der Waals surface area contributed by atoms with Gasteiger partial charge >= 0.3 is 0 Å². The summed E-state index contributed by atoms with van der Waals surface area (Å²) < 4.78 is 5.49. The van der Waals surface area contributed by atoms with Crippen LogP contribution in [0.25, 0.3) is 11.5 Å². The Morgan fingerprint density at radius 2 is 1.82 bits per heavy atom. The molecule has 0 saturated carbocycles. The maximum atomic E-state index is 12.6. The van der Waals surface area contributed by atoms with Crippen LogP contribution in [0.3, 0.4) is 0 Å². The van der Waals surface area contributed by atoms with Crippen LogP contribution in [0.1, 0.15) is 54.6 Å². The third-order valence-corrected chi connectivity index (χ3v) is 5.56. The minimum atomic E-state index is -0.0543. The molecule has 1 atom stereocenters. The first-order valence-electron chi connectivity index (χ1n) is 9.74. The standard InChI is InChI=1S/C23H25N3O2/c1-14(2)17-7-9-20(10-8-17)26-13-19(12-21(26)27)22-24-23(28-25-22)18-6-5-15(3)16(4)11-18/h5-11,14,19H,12-13H2,1-4H3. The molecule has 5 heteroatoms. The summed E-state index contributed by atoms with van der Waals surface area (Å²) in [5.41, 5.74) is 5.51. The van der Waals surface area contributed by atoms with Crippen molar-refractivity contribution >= 4 is 11.6 Å². The quantitative estimate of drug-likeness (QED) is 0.644. The summed E-state index contributed by atoms with van der Waals surface area (Å²) in [5, 5.41) is 4.16. The molecule has 144 valence electrons. The lowest BCUT2D eigenvalue weighted by atomic mass is 10.0. The monoisotopic (exact) mass is 375 g/mol. The van der Waals surface area contributed by atoms with Crippen molar-refractivity contribution in [1.29, 1.82) is 0 Å². The number of nitrogens with zero attached hydrogens (tertiary/aromatic N) is 3. The number of hydrogen-bond acceptors (Lipinski definition) is 4. The highest BCUT2D eigenvalue weighted by Gasteiger charge is 2.34. The second kappa shape index (κ2) is 7.23. The Morgan fingerprint density at radius 3 is 2.50 bits per heavy atom. The van der Waals surface area contributed by atoms with Crippen LogP contribution >= 0.6 is 0 Å². The number of aromatic nitrogens is 2. The summed E-state index contributed by atoms with van der Waals surface area (Å²) in [6.07, 6.45) is 0.401. The summed E-state index contributed by atoms with van der Waals surface area (Å²) in [4.78, 5) is 19.0. The van der Waals surface area contributed by atoms with E-state index >= 15 is 0 Å². The van der Waals surface area contributed by atoms with Crippen LogP contribution in [-0.2, 0) is 4.79 Å².